The fourth-order valence-corrected chi connectivity index (χ4v) is 0.971. The number of carbonyl (C=O) groups excluding carboxylic acids is 2. The molecule has 0 atom stereocenters. The van der Waals surface area contributed by atoms with Gasteiger partial charge in [-0.3, -0.25) is 0 Å². The zero-order valence-electron chi connectivity index (χ0n) is 15.7. The lowest BCUT2D eigenvalue weighted by molar-refractivity contribution is -0.138. The summed E-state index contributed by atoms with van der Waals surface area (Å²) >= 11 is 0. The van der Waals surface area contributed by atoms with Crippen LogP contribution in [0.4, 0.5) is 39.5 Å². The van der Waals surface area contributed by atoms with Gasteiger partial charge in [-0.2, -0.15) is 17.6 Å². The van der Waals surface area contributed by atoms with E-state index in [0.717, 1.165) is 27.2 Å². The predicted molar refractivity (Wildman–Crippen MR) is 91.0 cm³/mol. The molecule has 0 aliphatic rings. The van der Waals surface area contributed by atoms with E-state index in [2.05, 4.69) is 9.47 Å². The van der Waals surface area contributed by atoms with Crippen LogP contribution >= 0.6 is 0 Å². The van der Waals surface area contributed by atoms with E-state index in [9.17, 15) is 49.1 Å². The number of methoxy groups -OCH3 is 2. The van der Waals surface area contributed by atoms with Crippen LogP contribution in [0.2, 0.25) is 0 Å². The summed E-state index contributed by atoms with van der Waals surface area (Å²) in [4.78, 5) is 19.9. The predicted octanol–water partition coefficient (Wildman–Crippen LogP) is 6.45. The maximum atomic E-state index is 12.3. The van der Waals surface area contributed by atoms with Crippen LogP contribution in [-0.4, -0.2) is 38.0 Å². The van der Waals surface area contributed by atoms with Crippen molar-refractivity contribution in [2.75, 3.05) is 14.2 Å². The fourth-order valence-electron chi connectivity index (χ4n) is 0.971. The number of hydrogen-bond donors (Lipinski definition) is 0. The van der Waals surface area contributed by atoms with Crippen LogP contribution in [0, 0.1) is 0 Å². The second-order valence-corrected chi connectivity index (χ2v) is 4.62. The van der Waals surface area contributed by atoms with E-state index in [1.807, 2.05) is 0 Å². The zero-order chi connectivity index (χ0) is 23.8. The molecule has 0 aromatic rings. The van der Waals surface area contributed by atoms with Gasteiger partial charge in [-0.05, 0) is 13.0 Å². The molecule has 178 valence electrons. The topological polar surface area (TPSA) is 52.6 Å². The quantitative estimate of drug-likeness (QED) is 0.259. The van der Waals surface area contributed by atoms with Crippen molar-refractivity contribution >= 4 is 11.9 Å². The molecule has 0 unspecified atom stereocenters. The molecule has 0 rings (SSSR count). The van der Waals surface area contributed by atoms with E-state index in [1.54, 1.807) is 0 Å². The number of hydrogen-bond acceptors (Lipinski definition) is 4. The highest BCUT2D eigenvalue weighted by molar-refractivity contribution is 5.85. The molecule has 0 saturated carbocycles. The average molecular weight is 462 g/mol. The molecule has 0 heterocycles. The van der Waals surface area contributed by atoms with Crippen LogP contribution in [0.15, 0.2) is 36.2 Å². The monoisotopic (exact) mass is 462 g/mol. The maximum absolute atomic E-state index is 12.3. The van der Waals surface area contributed by atoms with Crippen molar-refractivity contribution in [2.45, 2.75) is 46.0 Å². The molecule has 0 aromatic heterocycles. The Hall–Kier alpha value is -2.47. The van der Waals surface area contributed by atoms with E-state index in [4.69, 9.17) is 0 Å². The number of esters is 2. The van der Waals surface area contributed by atoms with Crippen molar-refractivity contribution in [1.82, 2.24) is 0 Å². The van der Waals surface area contributed by atoms with E-state index in [1.165, 1.54) is 6.92 Å². The summed E-state index contributed by atoms with van der Waals surface area (Å²) in [6, 6.07) is 0. The van der Waals surface area contributed by atoms with Crippen molar-refractivity contribution in [3.63, 3.8) is 0 Å². The lowest BCUT2D eigenvalue weighted by Gasteiger charge is -2.20. The van der Waals surface area contributed by atoms with Crippen LogP contribution in [0.1, 0.15) is 34.1 Å². The van der Waals surface area contributed by atoms with Gasteiger partial charge in [0, 0.05) is 6.42 Å². The fraction of sp³-hybridized carbons (Fsp3) is 0.529. The van der Waals surface area contributed by atoms with Gasteiger partial charge in [0.1, 0.15) is 12.7 Å². The summed E-state index contributed by atoms with van der Waals surface area (Å²) in [7, 11) is 2.09. The Balaban J connectivity index is -0.000000174. The van der Waals surface area contributed by atoms with Crippen molar-refractivity contribution in [3.8, 4) is 0 Å². The largest absolute Gasteiger partial charge is 0.464 e. The Labute approximate surface area is 168 Å². The molecule has 0 aliphatic heterocycles. The Morgan fingerprint density at radius 3 is 1.47 bits per heavy atom. The number of alkyl halides is 4. The number of rotatable bonds is 6. The third-order valence-corrected chi connectivity index (χ3v) is 2.55. The Morgan fingerprint density at radius 2 is 1.27 bits per heavy atom. The molecular weight excluding hydrogens is 439 g/mol. The zero-order valence-corrected chi connectivity index (χ0v) is 15.7. The first-order chi connectivity index (χ1) is 13.2. The van der Waals surface area contributed by atoms with E-state index < -0.39 is 66.8 Å². The van der Waals surface area contributed by atoms with Crippen molar-refractivity contribution in [2.24, 2.45) is 0 Å². The van der Waals surface area contributed by atoms with E-state index in [-0.39, 0.29) is 7.43 Å². The second kappa shape index (κ2) is 17.4. The smallest absolute Gasteiger partial charge is 0.369 e. The third-order valence-electron chi connectivity index (χ3n) is 2.55. The first-order valence-electron chi connectivity index (χ1n) is 7.35. The van der Waals surface area contributed by atoms with Crippen molar-refractivity contribution in [1.29, 1.82) is 0 Å². The van der Waals surface area contributed by atoms with E-state index >= 15 is 0 Å². The van der Waals surface area contributed by atoms with Gasteiger partial charge in [0.05, 0.1) is 20.6 Å². The first kappa shape index (κ1) is 35.0. The van der Waals surface area contributed by atoms with Gasteiger partial charge in [-0.25, -0.2) is 31.5 Å². The molecular formula is C17H23F9O4. The summed E-state index contributed by atoms with van der Waals surface area (Å²) in [6.07, 6.45) is -3.27. The molecule has 0 radical (unpaired) electrons. The minimum atomic E-state index is -4.44. The van der Waals surface area contributed by atoms with Gasteiger partial charge in [-0.1, -0.05) is 14.4 Å². The number of halogens is 9. The van der Waals surface area contributed by atoms with Crippen LogP contribution in [0.25, 0.3) is 0 Å². The normalized spacial score (nSPS) is 12.4. The van der Waals surface area contributed by atoms with Crippen molar-refractivity contribution < 1.29 is 58.6 Å². The second-order valence-electron chi connectivity index (χ2n) is 4.62. The summed E-state index contributed by atoms with van der Waals surface area (Å²) in [5, 5.41) is 0. The molecule has 30 heavy (non-hydrogen) atoms. The molecule has 0 aromatic carbocycles. The lowest BCUT2D eigenvalue weighted by Crippen LogP contribution is -2.29. The van der Waals surface area contributed by atoms with Crippen LogP contribution in [0.5, 0.6) is 0 Å². The summed E-state index contributed by atoms with van der Waals surface area (Å²) < 4.78 is 115. The maximum Gasteiger partial charge on any atom is 0.369 e. The SMILES string of the molecule is C.C/C=C(\F)C(=O)OC.CCC(F)(F)CC(F)(F)/C(F)=C\F.COC(=O)/C(F)=C/F. The third kappa shape index (κ3) is 16.5. The van der Waals surface area contributed by atoms with Crippen LogP contribution in [-0.2, 0) is 19.1 Å². The highest BCUT2D eigenvalue weighted by Crippen LogP contribution is 2.37. The van der Waals surface area contributed by atoms with Crippen LogP contribution < -0.4 is 0 Å². The highest BCUT2D eigenvalue weighted by Gasteiger charge is 2.45. The average Bonchev–Trinajstić information content (AvgIpc) is 2.70. The summed E-state index contributed by atoms with van der Waals surface area (Å²) in [5.74, 6) is -15.2. The first-order valence-corrected chi connectivity index (χ1v) is 7.35. The molecule has 0 aliphatic carbocycles. The molecule has 0 fully saturated rings. The lowest BCUT2D eigenvalue weighted by atomic mass is 10.1. The van der Waals surface area contributed by atoms with Crippen LogP contribution in [0.3, 0.4) is 0 Å². The molecule has 0 amide bonds. The van der Waals surface area contributed by atoms with Gasteiger partial charge in [0.2, 0.25) is 11.7 Å². The summed E-state index contributed by atoms with van der Waals surface area (Å²) in [6.45, 7) is 2.40. The minimum absolute atomic E-state index is 0. The van der Waals surface area contributed by atoms with Gasteiger partial charge in [0.15, 0.2) is 5.83 Å². The molecule has 0 N–H and O–H groups in total. The summed E-state index contributed by atoms with van der Waals surface area (Å²) in [5.41, 5.74) is 0. The Bertz CT molecular complexity index is 570. The molecule has 0 spiro atoms. The number of allylic oxidation sites excluding steroid dienone is 2. The van der Waals surface area contributed by atoms with Gasteiger partial charge in [0.25, 0.3) is 5.92 Å². The van der Waals surface area contributed by atoms with Gasteiger partial charge in [-0.15, -0.1) is 0 Å². The number of ether oxygens (including phenoxy) is 2. The Kier molecular flexibility index (Phi) is 20.3. The minimum Gasteiger partial charge on any atom is -0.464 e. The standard InChI is InChI=1S/C7H8F6.C5H7FO2.C4H4F2O2.CH4/c1-2-6(10,11)4-7(12,13)5(9)3-8;1-3-4(6)5(7)8-2;1-8-4(7)3(6)2-5;/h3H,2,4H2,1H3;3H,1-2H3;2H,1H3;1H4/b5-3+;4-3-;3-2-;. The number of carbonyl (C=O) groups is 2. The molecule has 0 bridgehead atoms. The Morgan fingerprint density at radius 1 is 0.867 bits per heavy atom. The van der Waals surface area contributed by atoms with Crippen molar-refractivity contribution in [3.05, 3.63) is 36.2 Å². The highest BCUT2D eigenvalue weighted by atomic mass is 19.3. The van der Waals surface area contributed by atoms with E-state index in [0.29, 0.717) is 0 Å². The molecule has 4 nitrogen and oxygen atoms in total. The molecule has 13 heteroatoms. The molecule has 0 saturated heterocycles. The van der Waals surface area contributed by atoms with Gasteiger partial charge < -0.3 is 9.47 Å². The van der Waals surface area contributed by atoms with Gasteiger partial charge >= 0.3 is 17.9 Å².